The Kier molecular flexibility index (Phi) is 3.48. The van der Waals surface area contributed by atoms with Gasteiger partial charge in [-0.1, -0.05) is 6.07 Å². The van der Waals surface area contributed by atoms with E-state index in [1.807, 2.05) is 0 Å². The predicted molar refractivity (Wildman–Crippen MR) is 81.1 cm³/mol. The molecule has 0 aromatic heterocycles. The summed E-state index contributed by atoms with van der Waals surface area (Å²) in [6.07, 6.45) is 3.11. The van der Waals surface area contributed by atoms with Crippen molar-refractivity contribution >= 4 is 29.2 Å². The third-order valence-electron chi connectivity index (χ3n) is 3.92. The lowest BCUT2D eigenvalue weighted by atomic mass is 10.0. The van der Waals surface area contributed by atoms with E-state index in [4.69, 9.17) is 5.73 Å². The molecular weight excluding hydrogens is 284 g/mol. The number of anilines is 2. The van der Waals surface area contributed by atoms with Crippen LogP contribution in [-0.4, -0.2) is 23.9 Å². The molecule has 0 aliphatic heterocycles. The molecule has 116 valence electrons. The van der Waals surface area contributed by atoms with Crippen molar-refractivity contribution in [1.82, 2.24) is 5.32 Å². The van der Waals surface area contributed by atoms with E-state index in [2.05, 4.69) is 16.0 Å². The topological polar surface area (TPSA) is 113 Å². The zero-order valence-electron chi connectivity index (χ0n) is 12.0. The number of primary amides is 1. The molecule has 1 aromatic rings. The normalized spacial score (nSPS) is 18.2. The first-order valence-electron chi connectivity index (χ1n) is 7.28. The number of nitrogens with two attached hydrogens (primary N) is 1. The fraction of sp³-hybridized carbons (Fsp3) is 0.400. The first-order valence-corrected chi connectivity index (χ1v) is 7.28. The van der Waals surface area contributed by atoms with Gasteiger partial charge in [0.05, 0.1) is 0 Å². The van der Waals surface area contributed by atoms with Crippen molar-refractivity contribution in [3.8, 4) is 0 Å². The highest BCUT2D eigenvalue weighted by molar-refractivity contribution is 6.13. The second kappa shape index (κ2) is 5.32. The summed E-state index contributed by atoms with van der Waals surface area (Å²) in [5.41, 5.74) is 5.12. The molecule has 0 radical (unpaired) electrons. The molecule has 2 aliphatic carbocycles. The summed E-state index contributed by atoms with van der Waals surface area (Å²) in [6, 6.07) is 6.20. The van der Waals surface area contributed by atoms with Crippen LogP contribution in [0.2, 0.25) is 0 Å². The molecule has 4 amide bonds. The molecule has 0 atom stereocenters. The number of urea groups is 1. The molecule has 0 unspecified atom stereocenters. The number of hydrogen-bond acceptors (Lipinski definition) is 3. The molecule has 2 saturated carbocycles. The van der Waals surface area contributed by atoms with E-state index in [9.17, 15) is 14.4 Å². The molecule has 2 fully saturated rings. The molecule has 1 aromatic carbocycles. The SMILES string of the molecule is NC(=O)Nc1cccc(NC(=O)C2(C(=O)NC3CC3)CC2)c1. The summed E-state index contributed by atoms with van der Waals surface area (Å²) in [6.45, 7) is 0. The highest BCUT2D eigenvalue weighted by Gasteiger charge is 2.57. The quantitative estimate of drug-likeness (QED) is 0.612. The summed E-state index contributed by atoms with van der Waals surface area (Å²) < 4.78 is 0. The summed E-state index contributed by atoms with van der Waals surface area (Å²) in [5, 5.41) is 8.07. The van der Waals surface area contributed by atoms with Gasteiger partial charge in [-0.25, -0.2) is 4.79 Å². The van der Waals surface area contributed by atoms with Crippen LogP contribution in [0.25, 0.3) is 0 Å². The highest BCUT2D eigenvalue weighted by atomic mass is 16.2. The van der Waals surface area contributed by atoms with E-state index in [1.54, 1.807) is 24.3 Å². The van der Waals surface area contributed by atoms with Gasteiger partial charge < -0.3 is 21.7 Å². The maximum atomic E-state index is 12.4. The number of rotatable bonds is 5. The van der Waals surface area contributed by atoms with Crippen molar-refractivity contribution < 1.29 is 14.4 Å². The van der Waals surface area contributed by atoms with Crippen LogP contribution in [0.1, 0.15) is 25.7 Å². The Labute approximate surface area is 127 Å². The number of nitrogens with one attached hydrogen (secondary N) is 3. The van der Waals surface area contributed by atoms with Gasteiger partial charge in [0, 0.05) is 17.4 Å². The second-order valence-electron chi connectivity index (χ2n) is 5.85. The van der Waals surface area contributed by atoms with Gasteiger partial charge >= 0.3 is 6.03 Å². The fourth-order valence-corrected chi connectivity index (χ4v) is 2.30. The van der Waals surface area contributed by atoms with Gasteiger partial charge in [0.25, 0.3) is 0 Å². The van der Waals surface area contributed by atoms with Crippen molar-refractivity contribution in [2.24, 2.45) is 11.1 Å². The van der Waals surface area contributed by atoms with E-state index >= 15 is 0 Å². The first kappa shape index (κ1) is 14.4. The lowest BCUT2D eigenvalue weighted by Crippen LogP contribution is -2.40. The maximum absolute atomic E-state index is 12.4. The van der Waals surface area contributed by atoms with Gasteiger partial charge in [-0.15, -0.1) is 0 Å². The maximum Gasteiger partial charge on any atom is 0.316 e. The number of benzene rings is 1. The average Bonchev–Trinajstić information content (AvgIpc) is 3.33. The fourth-order valence-electron chi connectivity index (χ4n) is 2.30. The highest BCUT2D eigenvalue weighted by Crippen LogP contribution is 2.47. The lowest BCUT2D eigenvalue weighted by molar-refractivity contribution is -0.134. The van der Waals surface area contributed by atoms with Crippen LogP contribution >= 0.6 is 0 Å². The summed E-state index contributed by atoms with van der Waals surface area (Å²) in [7, 11) is 0. The number of amides is 4. The molecule has 3 rings (SSSR count). The third kappa shape index (κ3) is 3.03. The standard InChI is InChI=1S/C15H18N4O3/c16-14(22)19-11-3-1-2-10(8-11)18-13(21)15(6-7-15)12(20)17-9-4-5-9/h1-3,8-9H,4-7H2,(H,17,20)(H,18,21)(H3,16,19,22). The van der Waals surface area contributed by atoms with Crippen LogP contribution in [-0.2, 0) is 9.59 Å². The van der Waals surface area contributed by atoms with E-state index in [0.717, 1.165) is 12.8 Å². The van der Waals surface area contributed by atoms with Crippen molar-refractivity contribution in [3.05, 3.63) is 24.3 Å². The molecule has 5 N–H and O–H groups in total. The monoisotopic (exact) mass is 302 g/mol. The molecule has 22 heavy (non-hydrogen) atoms. The molecule has 2 aliphatic rings. The Bertz CT molecular complexity index is 635. The molecule has 7 heteroatoms. The molecule has 0 saturated heterocycles. The minimum Gasteiger partial charge on any atom is -0.352 e. The zero-order chi connectivity index (χ0) is 15.7. The van der Waals surface area contributed by atoms with Gasteiger partial charge in [0.15, 0.2) is 0 Å². The van der Waals surface area contributed by atoms with Crippen molar-refractivity contribution in [3.63, 3.8) is 0 Å². The minimum absolute atomic E-state index is 0.182. The molecule has 0 bridgehead atoms. The lowest BCUT2D eigenvalue weighted by Gasteiger charge is -2.15. The van der Waals surface area contributed by atoms with Crippen LogP contribution in [0.15, 0.2) is 24.3 Å². The summed E-state index contributed by atoms with van der Waals surface area (Å²) in [5.74, 6) is -0.485. The van der Waals surface area contributed by atoms with E-state index in [0.29, 0.717) is 24.2 Å². The van der Waals surface area contributed by atoms with Crippen LogP contribution < -0.4 is 21.7 Å². The second-order valence-corrected chi connectivity index (χ2v) is 5.85. The van der Waals surface area contributed by atoms with Crippen molar-refractivity contribution in [1.29, 1.82) is 0 Å². The molecule has 0 heterocycles. The van der Waals surface area contributed by atoms with Crippen molar-refractivity contribution in [2.45, 2.75) is 31.7 Å². The van der Waals surface area contributed by atoms with Gasteiger partial charge in [0.2, 0.25) is 11.8 Å². The number of carbonyl (C=O) groups excluding carboxylic acids is 3. The largest absolute Gasteiger partial charge is 0.352 e. The number of hydrogen-bond donors (Lipinski definition) is 4. The smallest absolute Gasteiger partial charge is 0.316 e. The van der Waals surface area contributed by atoms with Crippen molar-refractivity contribution in [2.75, 3.05) is 10.6 Å². The van der Waals surface area contributed by atoms with Gasteiger partial charge in [0.1, 0.15) is 5.41 Å². The first-order chi connectivity index (χ1) is 10.5. The van der Waals surface area contributed by atoms with Crippen LogP contribution in [0.5, 0.6) is 0 Å². The van der Waals surface area contributed by atoms with E-state index < -0.39 is 11.4 Å². The van der Waals surface area contributed by atoms with Gasteiger partial charge in [-0.2, -0.15) is 0 Å². The predicted octanol–water partition coefficient (Wildman–Crippen LogP) is 1.17. The Morgan fingerprint density at radius 3 is 2.23 bits per heavy atom. The minimum atomic E-state index is -0.935. The van der Waals surface area contributed by atoms with E-state index in [-0.39, 0.29) is 17.9 Å². The van der Waals surface area contributed by atoms with Gasteiger partial charge in [-0.05, 0) is 43.9 Å². The Balaban J connectivity index is 1.66. The Hall–Kier alpha value is -2.57. The van der Waals surface area contributed by atoms with Crippen LogP contribution in [0.3, 0.4) is 0 Å². The Morgan fingerprint density at radius 1 is 1.05 bits per heavy atom. The van der Waals surface area contributed by atoms with Crippen LogP contribution in [0.4, 0.5) is 16.2 Å². The third-order valence-corrected chi connectivity index (χ3v) is 3.92. The Morgan fingerprint density at radius 2 is 1.68 bits per heavy atom. The number of carbonyl (C=O) groups is 3. The van der Waals surface area contributed by atoms with Gasteiger partial charge in [-0.3, -0.25) is 9.59 Å². The van der Waals surface area contributed by atoms with E-state index in [1.165, 1.54) is 0 Å². The molecule has 0 spiro atoms. The summed E-state index contributed by atoms with van der Waals surface area (Å²) in [4.78, 5) is 35.4. The zero-order valence-corrected chi connectivity index (χ0v) is 12.0. The summed E-state index contributed by atoms with van der Waals surface area (Å²) >= 11 is 0. The average molecular weight is 302 g/mol. The molecule has 7 nitrogen and oxygen atoms in total. The molecular formula is C15H18N4O3. The van der Waals surface area contributed by atoms with Crippen LogP contribution in [0, 0.1) is 5.41 Å².